The third-order valence-electron chi connectivity index (χ3n) is 4.45. The Labute approximate surface area is 143 Å². The summed E-state index contributed by atoms with van der Waals surface area (Å²) in [5, 5.41) is 0. The Bertz CT molecular complexity index is 625. The van der Waals surface area contributed by atoms with Crippen molar-refractivity contribution in [1.29, 1.82) is 0 Å². The number of ether oxygens (including phenoxy) is 2. The molecule has 0 aliphatic heterocycles. The van der Waals surface area contributed by atoms with E-state index in [4.69, 9.17) is 9.47 Å². The highest BCUT2D eigenvalue weighted by Crippen LogP contribution is 2.23. The molecule has 0 N–H and O–H groups in total. The maximum absolute atomic E-state index is 10.6. The van der Waals surface area contributed by atoms with Crippen molar-refractivity contribution in [2.75, 3.05) is 13.2 Å². The summed E-state index contributed by atoms with van der Waals surface area (Å²) in [7, 11) is 0. The zero-order chi connectivity index (χ0) is 16.6. The smallest absolute Gasteiger partial charge is 0.233 e. The number of carbonyl (C=O) groups excluding carboxylic acids is 1. The monoisotopic (exact) mass is 323 g/mol. The molecule has 0 spiro atoms. The van der Waals surface area contributed by atoms with E-state index >= 15 is 0 Å². The summed E-state index contributed by atoms with van der Waals surface area (Å²) in [6, 6.07) is 15.4. The fourth-order valence-corrected chi connectivity index (χ4v) is 3.08. The van der Waals surface area contributed by atoms with Crippen LogP contribution in [0.5, 0.6) is 5.75 Å². The van der Waals surface area contributed by atoms with Crippen molar-refractivity contribution in [3.8, 4) is 16.9 Å². The van der Waals surface area contributed by atoms with E-state index in [2.05, 4.69) is 0 Å². The molecule has 2 aromatic carbocycles. The van der Waals surface area contributed by atoms with Gasteiger partial charge in [-0.3, -0.25) is 4.79 Å². The van der Waals surface area contributed by atoms with Gasteiger partial charge in [-0.1, -0.05) is 55.7 Å². The lowest BCUT2D eigenvalue weighted by Crippen LogP contribution is -2.19. The van der Waals surface area contributed by atoms with Crippen LogP contribution in [-0.4, -0.2) is 25.6 Å². The molecular weight excluding hydrogens is 300 g/mol. The Kier molecular flexibility index (Phi) is 6.02. The van der Waals surface area contributed by atoms with Gasteiger partial charge in [0.2, 0.25) is 6.29 Å². The van der Waals surface area contributed by atoms with Crippen LogP contribution >= 0.6 is 0 Å². The molecule has 0 saturated heterocycles. The van der Waals surface area contributed by atoms with Gasteiger partial charge in [0.15, 0.2) is 0 Å². The van der Waals surface area contributed by atoms with Crippen molar-refractivity contribution in [3.63, 3.8) is 0 Å². The summed E-state index contributed by atoms with van der Waals surface area (Å²) in [5.41, 5.74) is 2.73. The zero-order valence-electron chi connectivity index (χ0n) is 13.9. The number of rotatable bonds is 7. The first-order chi connectivity index (χ1) is 11.8. The highest BCUT2D eigenvalue weighted by molar-refractivity contribution is 5.77. The molecule has 0 heterocycles. The van der Waals surface area contributed by atoms with E-state index in [1.54, 1.807) is 12.1 Å². The number of hydrogen-bond acceptors (Lipinski definition) is 3. The highest BCUT2D eigenvalue weighted by Gasteiger charge is 2.13. The molecule has 0 aromatic heterocycles. The van der Waals surface area contributed by atoms with Gasteiger partial charge in [-0.15, -0.1) is 0 Å². The molecule has 1 aliphatic rings. The van der Waals surface area contributed by atoms with E-state index in [1.165, 1.54) is 32.1 Å². The third kappa shape index (κ3) is 4.68. The van der Waals surface area contributed by atoms with Gasteiger partial charge >= 0.3 is 0 Å². The Morgan fingerprint density at radius 1 is 0.833 bits per heavy atom. The molecule has 1 saturated carbocycles. The molecule has 1 radical (unpaired) electrons. The van der Waals surface area contributed by atoms with Crippen LogP contribution in [0.4, 0.5) is 0 Å². The predicted octanol–water partition coefficient (Wildman–Crippen LogP) is 4.54. The summed E-state index contributed by atoms with van der Waals surface area (Å²) in [4.78, 5) is 10.6. The van der Waals surface area contributed by atoms with Crippen LogP contribution in [0.3, 0.4) is 0 Å². The lowest BCUT2D eigenvalue weighted by Gasteiger charge is -2.21. The van der Waals surface area contributed by atoms with Gasteiger partial charge < -0.3 is 9.47 Å². The van der Waals surface area contributed by atoms with Crippen LogP contribution in [0.25, 0.3) is 11.1 Å². The fraction of sp³-hybridized carbons (Fsp3) is 0.381. The van der Waals surface area contributed by atoms with Crippen LogP contribution in [0.1, 0.15) is 37.7 Å². The molecule has 3 heteroatoms. The van der Waals surface area contributed by atoms with Crippen LogP contribution in [-0.2, 0) is 9.53 Å². The number of hydrogen-bond donors (Lipinski definition) is 0. The van der Waals surface area contributed by atoms with Gasteiger partial charge in [-0.25, -0.2) is 0 Å². The minimum absolute atomic E-state index is 0.427. The van der Waals surface area contributed by atoms with Crippen molar-refractivity contribution < 1.29 is 14.3 Å². The largest absolute Gasteiger partial charge is 0.491 e. The van der Waals surface area contributed by atoms with Crippen molar-refractivity contribution in [2.45, 2.75) is 38.2 Å². The molecule has 2 aromatic rings. The zero-order valence-corrected chi connectivity index (χ0v) is 13.9. The first kappa shape index (κ1) is 16.7. The van der Waals surface area contributed by atoms with E-state index < -0.39 is 0 Å². The first-order valence-corrected chi connectivity index (χ1v) is 8.68. The van der Waals surface area contributed by atoms with Crippen LogP contribution < -0.4 is 4.74 Å². The van der Waals surface area contributed by atoms with Gasteiger partial charge in [0.25, 0.3) is 0 Å². The predicted molar refractivity (Wildman–Crippen MR) is 95.0 cm³/mol. The summed E-state index contributed by atoms with van der Waals surface area (Å²) in [5.74, 6) is 0.851. The van der Waals surface area contributed by atoms with Crippen LogP contribution in [0, 0.1) is 0 Å². The molecule has 0 amide bonds. The molecule has 0 bridgehead atoms. The van der Waals surface area contributed by atoms with E-state index in [0.717, 1.165) is 16.9 Å². The van der Waals surface area contributed by atoms with E-state index in [0.29, 0.717) is 24.9 Å². The average Bonchev–Trinajstić information content (AvgIpc) is 2.67. The Hall–Kier alpha value is -2.13. The van der Waals surface area contributed by atoms with Crippen LogP contribution in [0.15, 0.2) is 48.5 Å². The van der Waals surface area contributed by atoms with Gasteiger partial charge in [0.05, 0.1) is 12.7 Å². The standard InChI is InChI=1S/C21H23O3/c22-16-17-6-8-18(9-7-17)19-10-12-21(13-11-19)24-15-14-23-20-4-2-1-3-5-20/h6-13,20H,1-5,14-15H2. The molecular formula is C21H23O3. The molecule has 1 fully saturated rings. The average molecular weight is 323 g/mol. The highest BCUT2D eigenvalue weighted by atomic mass is 16.5. The van der Waals surface area contributed by atoms with Crippen molar-refractivity contribution in [1.82, 2.24) is 0 Å². The summed E-state index contributed by atoms with van der Waals surface area (Å²) in [6.45, 7) is 1.23. The molecule has 24 heavy (non-hydrogen) atoms. The topological polar surface area (TPSA) is 35.5 Å². The van der Waals surface area contributed by atoms with E-state index in [-0.39, 0.29) is 0 Å². The number of benzene rings is 2. The molecule has 1 aliphatic carbocycles. The molecule has 0 unspecified atom stereocenters. The quantitative estimate of drug-likeness (QED) is 0.702. The van der Waals surface area contributed by atoms with E-state index in [1.807, 2.05) is 42.7 Å². The lowest BCUT2D eigenvalue weighted by atomic mass is 9.98. The first-order valence-electron chi connectivity index (χ1n) is 8.68. The normalized spacial score (nSPS) is 15.2. The summed E-state index contributed by atoms with van der Waals surface area (Å²) in [6.07, 6.45) is 8.62. The van der Waals surface area contributed by atoms with Crippen molar-refractivity contribution >= 4 is 6.29 Å². The second-order valence-corrected chi connectivity index (χ2v) is 6.18. The Morgan fingerprint density at radius 2 is 1.46 bits per heavy atom. The third-order valence-corrected chi connectivity index (χ3v) is 4.45. The van der Waals surface area contributed by atoms with Crippen molar-refractivity contribution in [3.05, 3.63) is 54.1 Å². The van der Waals surface area contributed by atoms with Gasteiger partial charge in [-0.05, 0) is 36.1 Å². The van der Waals surface area contributed by atoms with Crippen LogP contribution in [0.2, 0.25) is 0 Å². The summed E-state index contributed by atoms with van der Waals surface area (Å²) >= 11 is 0. The summed E-state index contributed by atoms with van der Waals surface area (Å²) < 4.78 is 11.6. The minimum atomic E-state index is 0.427. The fourth-order valence-electron chi connectivity index (χ4n) is 3.08. The molecule has 125 valence electrons. The molecule has 3 rings (SSSR count). The van der Waals surface area contributed by atoms with E-state index in [9.17, 15) is 4.79 Å². The molecule has 0 atom stereocenters. The molecule has 3 nitrogen and oxygen atoms in total. The second-order valence-electron chi connectivity index (χ2n) is 6.18. The minimum Gasteiger partial charge on any atom is -0.491 e. The lowest BCUT2D eigenvalue weighted by molar-refractivity contribution is 0.0129. The van der Waals surface area contributed by atoms with Gasteiger partial charge in [0.1, 0.15) is 12.4 Å². The Morgan fingerprint density at radius 3 is 2.08 bits per heavy atom. The van der Waals surface area contributed by atoms with Crippen molar-refractivity contribution in [2.24, 2.45) is 0 Å². The maximum Gasteiger partial charge on any atom is 0.233 e. The van der Waals surface area contributed by atoms with Gasteiger partial charge in [-0.2, -0.15) is 0 Å². The Balaban J connectivity index is 1.46. The van der Waals surface area contributed by atoms with Gasteiger partial charge in [0, 0.05) is 5.56 Å². The SMILES string of the molecule is O=[C]c1ccc(-c2ccc(OCCOC3CCCCC3)cc2)cc1. The maximum atomic E-state index is 10.6. The second kappa shape index (κ2) is 8.65.